The first kappa shape index (κ1) is 19.0. The number of anilines is 3. The number of nitrogens with two attached hydrogens (primary N) is 1. The zero-order valence-electron chi connectivity index (χ0n) is 15.6. The van der Waals surface area contributed by atoms with Crippen LogP contribution in [0.3, 0.4) is 0 Å². The maximum Gasteiger partial charge on any atom is 0.241 e. The molecule has 1 atom stereocenters. The molecule has 1 heterocycles. The molecule has 1 amide bonds. The molecule has 27 heavy (non-hydrogen) atoms. The third-order valence-corrected chi connectivity index (χ3v) is 4.95. The molecule has 0 aliphatic carbocycles. The normalized spacial score (nSPS) is 16.0. The SMILES string of the molecule is COc1ccc(N)c(NC(=O)C(C)N2CCN(c3ccc(F)cc3)CC2)c1. The van der Waals surface area contributed by atoms with E-state index >= 15 is 0 Å². The van der Waals surface area contributed by atoms with Crippen LogP contribution in [0.25, 0.3) is 0 Å². The Hall–Kier alpha value is -2.80. The zero-order chi connectivity index (χ0) is 19.4. The van der Waals surface area contributed by atoms with Gasteiger partial charge in [0.15, 0.2) is 0 Å². The first-order valence-electron chi connectivity index (χ1n) is 8.97. The topological polar surface area (TPSA) is 70.8 Å². The number of nitrogens with one attached hydrogen (secondary N) is 1. The largest absolute Gasteiger partial charge is 0.497 e. The first-order valence-corrected chi connectivity index (χ1v) is 8.97. The van der Waals surface area contributed by atoms with Crippen molar-refractivity contribution in [2.24, 2.45) is 0 Å². The number of halogens is 1. The van der Waals surface area contributed by atoms with Crippen LogP contribution in [-0.2, 0) is 4.79 Å². The molecule has 1 saturated heterocycles. The van der Waals surface area contributed by atoms with Gasteiger partial charge in [0.05, 0.1) is 24.5 Å². The van der Waals surface area contributed by atoms with E-state index in [4.69, 9.17) is 10.5 Å². The lowest BCUT2D eigenvalue weighted by molar-refractivity contribution is -0.120. The molecule has 2 aromatic rings. The van der Waals surface area contributed by atoms with Gasteiger partial charge in [0.25, 0.3) is 0 Å². The van der Waals surface area contributed by atoms with Crippen molar-refractivity contribution in [1.29, 1.82) is 0 Å². The highest BCUT2D eigenvalue weighted by atomic mass is 19.1. The molecule has 1 aliphatic heterocycles. The Bertz CT molecular complexity index is 789. The zero-order valence-corrected chi connectivity index (χ0v) is 15.6. The van der Waals surface area contributed by atoms with Gasteiger partial charge in [-0.05, 0) is 43.3 Å². The van der Waals surface area contributed by atoms with E-state index < -0.39 is 0 Å². The summed E-state index contributed by atoms with van der Waals surface area (Å²) in [6.07, 6.45) is 0. The van der Waals surface area contributed by atoms with Crippen LogP contribution in [0.15, 0.2) is 42.5 Å². The molecule has 7 heteroatoms. The van der Waals surface area contributed by atoms with Crippen LogP contribution in [-0.4, -0.2) is 50.1 Å². The van der Waals surface area contributed by atoms with Crippen molar-refractivity contribution in [3.63, 3.8) is 0 Å². The molecule has 0 radical (unpaired) electrons. The van der Waals surface area contributed by atoms with Crippen LogP contribution in [0.2, 0.25) is 0 Å². The van der Waals surface area contributed by atoms with E-state index in [0.717, 1.165) is 31.9 Å². The molecular weight excluding hydrogens is 347 g/mol. The standard InChI is InChI=1S/C20H25FN4O2/c1-14(20(26)23-19-13-17(27-2)7-8-18(19)22)24-9-11-25(12-10-24)16-5-3-15(21)4-6-16/h3-8,13-14H,9-12,22H2,1-2H3,(H,23,26). The van der Waals surface area contributed by atoms with Crippen molar-refractivity contribution in [3.05, 3.63) is 48.3 Å². The highest BCUT2D eigenvalue weighted by Crippen LogP contribution is 2.25. The molecule has 3 rings (SSSR count). The van der Waals surface area contributed by atoms with Crippen molar-refractivity contribution in [1.82, 2.24) is 4.90 Å². The fourth-order valence-electron chi connectivity index (χ4n) is 3.19. The number of rotatable bonds is 5. The molecule has 1 aliphatic rings. The van der Waals surface area contributed by atoms with Crippen molar-refractivity contribution in [2.75, 3.05) is 49.2 Å². The fraction of sp³-hybridized carbons (Fsp3) is 0.350. The molecule has 6 nitrogen and oxygen atoms in total. The predicted octanol–water partition coefficient (Wildman–Crippen LogP) is 2.57. The van der Waals surface area contributed by atoms with E-state index in [-0.39, 0.29) is 17.8 Å². The summed E-state index contributed by atoms with van der Waals surface area (Å²) in [7, 11) is 1.57. The van der Waals surface area contributed by atoms with Crippen LogP contribution < -0.4 is 20.7 Å². The number of benzene rings is 2. The van der Waals surface area contributed by atoms with Crippen LogP contribution in [0.4, 0.5) is 21.5 Å². The maximum absolute atomic E-state index is 13.1. The van der Waals surface area contributed by atoms with Gasteiger partial charge in [-0.25, -0.2) is 4.39 Å². The van der Waals surface area contributed by atoms with Gasteiger partial charge in [-0.15, -0.1) is 0 Å². The highest BCUT2D eigenvalue weighted by molar-refractivity contribution is 5.97. The third-order valence-electron chi connectivity index (χ3n) is 4.95. The lowest BCUT2D eigenvalue weighted by atomic mass is 10.2. The number of hydrogen-bond acceptors (Lipinski definition) is 5. The molecule has 1 fully saturated rings. The average Bonchev–Trinajstić information content (AvgIpc) is 2.69. The van der Waals surface area contributed by atoms with Gasteiger partial charge in [0.2, 0.25) is 5.91 Å². The quantitative estimate of drug-likeness (QED) is 0.790. The minimum absolute atomic E-state index is 0.106. The Balaban J connectivity index is 1.58. The predicted molar refractivity (Wildman–Crippen MR) is 106 cm³/mol. The summed E-state index contributed by atoms with van der Waals surface area (Å²) in [4.78, 5) is 17.0. The summed E-state index contributed by atoms with van der Waals surface area (Å²) >= 11 is 0. The van der Waals surface area contributed by atoms with E-state index in [2.05, 4.69) is 15.1 Å². The van der Waals surface area contributed by atoms with Gasteiger partial charge < -0.3 is 20.7 Å². The molecule has 1 unspecified atom stereocenters. The summed E-state index contributed by atoms with van der Waals surface area (Å²) < 4.78 is 18.3. The second kappa shape index (κ2) is 8.26. The molecule has 144 valence electrons. The Morgan fingerprint density at radius 1 is 1.15 bits per heavy atom. The lowest BCUT2D eigenvalue weighted by Crippen LogP contribution is -2.52. The number of amides is 1. The minimum Gasteiger partial charge on any atom is -0.497 e. The van der Waals surface area contributed by atoms with Gasteiger partial charge in [-0.1, -0.05) is 0 Å². The van der Waals surface area contributed by atoms with Gasteiger partial charge in [-0.2, -0.15) is 0 Å². The number of methoxy groups -OCH3 is 1. The number of ether oxygens (including phenoxy) is 1. The molecule has 0 bridgehead atoms. The van der Waals surface area contributed by atoms with Crippen LogP contribution >= 0.6 is 0 Å². The van der Waals surface area contributed by atoms with Crippen molar-refractivity contribution in [2.45, 2.75) is 13.0 Å². The molecular formula is C20H25FN4O2. The van der Waals surface area contributed by atoms with Gasteiger partial charge in [0.1, 0.15) is 11.6 Å². The molecule has 3 N–H and O–H groups in total. The number of carbonyl (C=O) groups excluding carboxylic acids is 1. The summed E-state index contributed by atoms with van der Waals surface area (Å²) in [6.45, 7) is 4.95. The molecule has 0 saturated carbocycles. The van der Waals surface area contributed by atoms with Gasteiger partial charge in [0, 0.05) is 37.9 Å². The van der Waals surface area contributed by atoms with Crippen molar-refractivity contribution in [3.8, 4) is 5.75 Å². The van der Waals surface area contributed by atoms with Crippen LogP contribution in [0.1, 0.15) is 6.92 Å². The van der Waals surface area contributed by atoms with E-state index in [1.165, 1.54) is 12.1 Å². The smallest absolute Gasteiger partial charge is 0.241 e. The number of hydrogen-bond donors (Lipinski definition) is 2. The Kier molecular flexibility index (Phi) is 5.81. The molecule has 2 aromatic carbocycles. The molecule has 0 aromatic heterocycles. The highest BCUT2D eigenvalue weighted by Gasteiger charge is 2.26. The van der Waals surface area contributed by atoms with E-state index in [9.17, 15) is 9.18 Å². The van der Waals surface area contributed by atoms with Crippen molar-refractivity contribution < 1.29 is 13.9 Å². The summed E-state index contributed by atoms with van der Waals surface area (Å²) in [6, 6.07) is 11.4. The fourth-order valence-corrected chi connectivity index (χ4v) is 3.19. The maximum atomic E-state index is 13.1. The Morgan fingerprint density at radius 3 is 2.44 bits per heavy atom. The second-order valence-electron chi connectivity index (χ2n) is 6.62. The summed E-state index contributed by atoms with van der Waals surface area (Å²) in [5.41, 5.74) is 7.99. The van der Waals surface area contributed by atoms with Crippen LogP contribution in [0, 0.1) is 5.82 Å². The van der Waals surface area contributed by atoms with E-state index in [1.54, 1.807) is 37.4 Å². The van der Waals surface area contributed by atoms with Gasteiger partial charge in [-0.3, -0.25) is 9.69 Å². The monoisotopic (exact) mass is 372 g/mol. The Morgan fingerprint density at radius 2 is 1.81 bits per heavy atom. The van der Waals surface area contributed by atoms with Crippen LogP contribution in [0.5, 0.6) is 5.75 Å². The number of nitrogen functional groups attached to an aromatic ring is 1. The number of carbonyl (C=O) groups is 1. The van der Waals surface area contributed by atoms with Crippen molar-refractivity contribution >= 4 is 23.0 Å². The number of nitrogens with zero attached hydrogens (tertiary/aromatic N) is 2. The second-order valence-corrected chi connectivity index (χ2v) is 6.62. The minimum atomic E-state index is -0.286. The van der Waals surface area contributed by atoms with E-state index in [0.29, 0.717) is 17.1 Å². The Labute approximate surface area is 158 Å². The first-order chi connectivity index (χ1) is 13.0. The lowest BCUT2D eigenvalue weighted by Gasteiger charge is -2.38. The van der Waals surface area contributed by atoms with E-state index in [1.807, 2.05) is 6.92 Å². The number of piperazine rings is 1. The summed E-state index contributed by atoms with van der Waals surface area (Å²) in [5.74, 6) is 0.296. The third kappa shape index (κ3) is 4.49. The van der Waals surface area contributed by atoms with Gasteiger partial charge >= 0.3 is 0 Å². The summed E-state index contributed by atoms with van der Waals surface area (Å²) in [5, 5.41) is 2.89. The average molecular weight is 372 g/mol. The molecule has 0 spiro atoms.